The summed E-state index contributed by atoms with van der Waals surface area (Å²) in [7, 11) is 3.71. The standard InChI is InChI=1S/C12H16ClN5/c1-14-8-10(7-12-15-17-18(2)16-12)9-3-5-11(13)6-4-9/h3-6,10,14H,7-8H2,1-2H3. The van der Waals surface area contributed by atoms with Crippen LogP contribution in [0.4, 0.5) is 0 Å². The van der Waals surface area contributed by atoms with Gasteiger partial charge in [0.05, 0.1) is 7.05 Å². The average molecular weight is 266 g/mol. The fraction of sp³-hybridized carbons (Fsp3) is 0.417. The molecule has 1 atom stereocenters. The van der Waals surface area contributed by atoms with Crippen molar-refractivity contribution in [1.29, 1.82) is 0 Å². The Bertz CT molecular complexity index is 493. The number of nitrogens with zero attached hydrogens (tertiary/aromatic N) is 4. The van der Waals surface area contributed by atoms with Gasteiger partial charge < -0.3 is 5.32 Å². The SMILES string of the molecule is CNCC(Cc1nnn(C)n1)c1ccc(Cl)cc1. The molecular formula is C12H16ClN5. The van der Waals surface area contributed by atoms with Crippen molar-refractivity contribution in [1.82, 2.24) is 25.5 Å². The third-order valence-corrected chi connectivity index (χ3v) is 3.02. The molecule has 6 heteroatoms. The largest absolute Gasteiger partial charge is 0.319 e. The van der Waals surface area contributed by atoms with E-state index in [1.54, 1.807) is 7.05 Å². The highest BCUT2D eigenvalue weighted by Gasteiger charge is 2.14. The van der Waals surface area contributed by atoms with E-state index < -0.39 is 0 Å². The van der Waals surface area contributed by atoms with Crippen molar-refractivity contribution in [3.63, 3.8) is 0 Å². The quantitative estimate of drug-likeness (QED) is 0.888. The molecule has 2 rings (SSSR count). The van der Waals surface area contributed by atoms with Crippen molar-refractivity contribution < 1.29 is 0 Å². The van der Waals surface area contributed by atoms with Gasteiger partial charge in [0.2, 0.25) is 0 Å². The van der Waals surface area contributed by atoms with Crippen LogP contribution in [0.3, 0.4) is 0 Å². The second-order valence-electron chi connectivity index (χ2n) is 4.21. The van der Waals surface area contributed by atoms with Crippen LogP contribution in [-0.2, 0) is 13.5 Å². The molecule has 0 aliphatic heterocycles. The number of aryl methyl sites for hydroxylation is 1. The molecule has 18 heavy (non-hydrogen) atoms. The third-order valence-electron chi connectivity index (χ3n) is 2.77. The highest BCUT2D eigenvalue weighted by Crippen LogP contribution is 2.20. The van der Waals surface area contributed by atoms with Crippen molar-refractivity contribution >= 4 is 11.6 Å². The van der Waals surface area contributed by atoms with Crippen molar-refractivity contribution in [3.8, 4) is 0 Å². The molecule has 1 aromatic carbocycles. The number of rotatable bonds is 5. The topological polar surface area (TPSA) is 55.6 Å². The van der Waals surface area contributed by atoms with Crippen LogP contribution in [0.1, 0.15) is 17.3 Å². The Morgan fingerprint density at radius 1 is 1.33 bits per heavy atom. The minimum absolute atomic E-state index is 0.316. The van der Waals surface area contributed by atoms with Crippen molar-refractivity contribution in [2.24, 2.45) is 7.05 Å². The molecule has 0 aliphatic carbocycles. The molecule has 1 N–H and O–H groups in total. The molecule has 1 unspecified atom stereocenters. The van der Waals surface area contributed by atoms with E-state index in [1.807, 2.05) is 31.3 Å². The zero-order chi connectivity index (χ0) is 13.0. The summed E-state index contributed by atoms with van der Waals surface area (Å²) in [6.07, 6.45) is 0.760. The number of hydrogen-bond donors (Lipinski definition) is 1. The zero-order valence-corrected chi connectivity index (χ0v) is 11.2. The molecule has 0 radical (unpaired) electrons. The fourth-order valence-electron chi connectivity index (χ4n) is 1.91. The predicted octanol–water partition coefficient (Wildman–Crippen LogP) is 1.41. The van der Waals surface area contributed by atoms with E-state index in [2.05, 4.69) is 20.7 Å². The summed E-state index contributed by atoms with van der Waals surface area (Å²) < 4.78 is 0. The van der Waals surface area contributed by atoms with Gasteiger partial charge in [0.25, 0.3) is 0 Å². The second-order valence-corrected chi connectivity index (χ2v) is 4.64. The lowest BCUT2D eigenvalue weighted by atomic mass is 9.95. The lowest BCUT2D eigenvalue weighted by Crippen LogP contribution is -2.19. The lowest BCUT2D eigenvalue weighted by molar-refractivity contribution is 0.599. The van der Waals surface area contributed by atoms with Gasteiger partial charge in [0, 0.05) is 23.9 Å². The van der Waals surface area contributed by atoms with E-state index in [9.17, 15) is 0 Å². The summed E-state index contributed by atoms with van der Waals surface area (Å²) in [6.45, 7) is 0.861. The summed E-state index contributed by atoms with van der Waals surface area (Å²) in [5.41, 5.74) is 1.22. The first-order chi connectivity index (χ1) is 8.69. The molecule has 0 saturated carbocycles. The van der Waals surface area contributed by atoms with Gasteiger partial charge in [0.15, 0.2) is 5.82 Å². The number of halogens is 1. The van der Waals surface area contributed by atoms with Crippen LogP contribution in [-0.4, -0.2) is 33.8 Å². The second kappa shape index (κ2) is 5.93. The molecule has 0 saturated heterocycles. The summed E-state index contributed by atoms with van der Waals surface area (Å²) in [6, 6.07) is 7.90. The number of benzene rings is 1. The van der Waals surface area contributed by atoms with Gasteiger partial charge in [-0.3, -0.25) is 0 Å². The van der Waals surface area contributed by atoms with E-state index in [1.165, 1.54) is 10.4 Å². The molecule has 1 heterocycles. The number of tetrazole rings is 1. The summed E-state index contributed by atoms with van der Waals surface area (Å²) >= 11 is 5.90. The van der Waals surface area contributed by atoms with Gasteiger partial charge in [-0.25, -0.2) is 0 Å². The van der Waals surface area contributed by atoms with Gasteiger partial charge in [0.1, 0.15) is 0 Å². The maximum Gasteiger partial charge on any atom is 0.175 e. The summed E-state index contributed by atoms with van der Waals surface area (Å²) in [5.74, 6) is 1.07. The molecule has 0 spiro atoms. The highest BCUT2D eigenvalue weighted by atomic mass is 35.5. The lowest BCUT2D eigenvalue weighted by Gasteiger charge is -2.15. The molecule has 1 aromatic heterocycles. The van der Waals surface area contributed by atoms with Crippen LogP contribution < -0.4 is 5.32 Å². The van der Waals surface area contributed by atoms with Gasteiger partial charge in [-0.05, 0) is 30.0 Å². The van der Waals surface area contributed by atoms with E-state index in [-0.39, 0.29) is 0 Å². The summed E-state index contributed by atoms with van der Waals surface area (Å²) in [4.78, 5) is 1.48. The van der Waals surface area contributed by atoms with Gasteiger partial charge in [-0.1, -0.05) is 23.7 Å². The van der Waals surface area contributed by atoms with Gasteiger partial charge in [-0.2, -0.15) is 4.80 Å². The number of nitrogens with one attached hydrogen (secondary N) is 1. The number of aromatic nitrogens is 4. The molecule has 96 valence electrons. The summed E-state index contributed by atoms with van der Waals surface area (Å²) in [5, 5.41) is 16.0. The van der Waals surface area contributed by atoms with E-state index in [0.29, 0.717) is 5.92 Å². The van der Waals surface area contributed by atoms with Crippen LogP contribution in [0.25, 0.3) is 0 Å². The predicted molar refractivity (Wildman–Crippen MR) is 70.6 cm³/mol. The molecule has 0 fully saturated rings. The van der Waals surface area contributed by atoms with Gasteiger partial charge in [-0.15, -0.1) is 10.2 Å². The fourth-order valence-corrected chi connectivity index (χ4v) is 2.04. The number of likely N-dealkylation sites (N-methyl/N-ethyl adjacent to an activating group) is 1. The maximum absolute atomic E-state index is 5.90. The minimum Gasteiger partial charge on any atom is -0.319 e. The molecule has 0 bridgehead atoms. The molecule has 0 aliphatic rings. The number of hydrogen-bond acceptors (Lipinski definition) is 4. The molecule has 2 aromatic rings. The highest BCUT2D eigenvalue weighted by molar-refractivity contribution is 6.30. The monoisotopic (exact) mass is 265 g/mol. The van der Waals surface area contributed by atoms with Crippen LogP contribution in [0.15, 0.2) is 24.3 Å². The van der Waals surface area contributed by atoms with Crippen molar-refractivity contribution in [2.45, 2.75) is 12.3 Å². The Morgan fingerprint density at radius 2 is 2.06 bits per heavy atom. The van der Waals surface area contributed by atoms with E-state index in [0.717, 1.165) is 23.8 Å². The Hall–Kier alpha value is -1.46. The Kier molecular flexibility index (Phi) is 4.28. The zero-order valence-electron chi connectivity index (χ0n) is 10.5. The van der Waals surface area contributed by atoms with E-state index in [4.69, 9.17) is 11.6 Å². The van der Waals surface area contributed by atoms with Crippen molar-refractivity contribution in [3.05, 3.63) is 40.7 Å². The maximum atomic E-state index is 5.90. The Labute approximate surface area is 111 Å². The first kappa shape index (κ1) is 13.0. The smallest absolute Gasteiger partial charge is 0.175 e. The van der Waals surface area contributed by atoms with Gasteiger partial charge >= 0.3 is 0 Å². The normalized spacial score (nSPS) is 12.6. The van der Waals surface area contributed by atoms with Crippen molar-refractivity contribution in [2.75, 3.05) is 13.6 Å². The Balaban J connectivity index is 2.14. The Morgan fingerprint density at radius 3 is 2.61 bits per heavy atom. The van der Waals surface area contributed by atoms with Crippen LogP contribution in [0.5, 0.6) is 0 Å². The first-order valence-electron chi connectivity index (χ1n) is 5.82. The molecule has 0 amide bonds. The third kappa shape index (κ3) is 3.27. The van der Waals surface area contributed by atoms with Crippen LogP contribution in [0.2, 0.25) is 5.02 Å². The molecular weight excluding hydrogens is 250 g/mol. The van der Waals surface area contributed by atoms with Crippen LogP contribution >= 0.6 is 11.6 Å². The van der Waals surface area contributed by atoms with E-state index >= 15 is 0 Å². The average Bonchev–Trinajstić information content (AvgIpc) is 2.75. The first-order valence-corrected chi connectivity index (χ1v) is 6.20. The minimum atomic E-state index is 0.316. The van der Waals surface area contributed by atoms with Crippen LogP contribution in [0, 0.1) is 0 Å². The molecule has 5 nitrogen and oxygen atoms in total.